The quantitative estimate of drug-likeness (QED) is 0.190. The van der Waals surface area contributed by atoms with Crippen molar-refractivity contribution < 1.29 is 50.4 Å². The molecule has 196 valence electrons. The molecule has 35 heavy (non-hydrogen) atoms. The number of nitro benzene ring substituents is 1. The molecule has 0 fully saturated rings. The zero-order chi connectivity index (χ0) is 26.6. The number of nitrogens with zero attached hydrogens (tertiary/aromatic N) is 2. The van der Waals surface area contributed by atoms with E-state index in [2.05, 4.69) is 0 Å². The SMILES string of the molecule is O=C(OCc1ccc([N+](=O)[O-])cc1)N(CCCCCNC(=O)C(F)(F)F)CCNC(=O)C(F)(F)F. The molecule has 1 aromatic rings. The molecule has 0 spiro atoms. The Morgan fingerprint density at radius 3 is 1.91 bits per heavy atom. The van der Waals surface area contributed by atoms with Crippen LogP contribution in [0.2, 0.25) is 0 Å². The number of non-ortho nitro benzene ring substituents is 1. The molecule has 3 amide bonds. The topological polar surface area (TPSA) is 131 Å². The Morgan fingerprint density at radius 1 is 0.857 bits per heavy atom. The fourth-order valence-corrected chi connectivity index (χ4v) is 2.56. The molecule has 0 radical (unpaired) electrons. The van der Waals surface area contributed by atoms with Gasteiger partial charge in [-0.2, -0.15) is 26.3 Å². The fourth-order valence-electron chi connectivity index (χ4n) is 2.56. The van der Waals surface area contributed by atoms with Gasteiger partial charge < -0.3 is 20.3 Å². The van der Waals surface area contributed by atoms with Gasteiger partial charge in [0.1, 0.15) is 6.61 Å². The number of rotatable bonds is 12. The van der Waals surface area contributed by atoms with E-state index in [1.165, 1.54) is 24.3 Å². The first-order valence-electron chi connectivity index (χ1n) is 10.1. The number of alkyl halides is 6. The van der Waals surface area contributed by atoms with Crippen molar-refractivity contribution >= 4 is 23.6 Å². The summed E-state index contributed by atoms with van der Waals surface area (Å²) in [5.41, 5.74) is 0.211. The predicted octanol–water partition coefficient (Wildman–Crippen LogP) is 3.06. The molecule has 0 atom stereocenters. The monoisotopic (exact) mass is 516 g/mol. The first kappa shape index (κ1) is 29.4. The molecule has 0 aliphatic carbocycles. The van der Waals surface area contributed by atoms with Crippen LogP contribution in [-0.2, 0) is 20.9 Å². The maximum Gasteiger partial charge on any atom is 0.471 e. The molecule has 1 aromatic carbocycles. The van der Waals surface area contributed by atoms with Gasteiger partial charge >= 0.3 is 30.3 Å². The van der Waals surface area contributed by atoms with Crippen molar-refractivity contribution in [3.63, 3.8) is 0 Å². The fraction of sp³-hybridized carbons (Fsp3) is 0.526. The van der Waals surface area contributed by atoms with Gasteiger partial charge in [0.05, 0.1) is 4.92 Å². The van der Waals surface area contributed by atoms with Gasteiger partial charge in [0, 0.05) is 38.3 Å². The highest BCUT2D eigenvalue weighted by molar-refractivity contribution is 5.82. The lowest BCUT2D eigenvalue weighted by atomic mass is 10.2. The van der Waals surface area contributed by atoms with Crippen LogP contribution in [0, 0.1) is 10.1 Å². The van der Waals surface area contributed by atoms with Crippen LogP contribution in [0.15, 0.2) is 24.3 Å². The molecule has 0 heterocycles. The van der Waals surface area contributed by atoms with Crippen molar-refractivity contribution in [3.05, 3.63) is 39.9 Å². The van der Waals surface area contributed by atoms with Gasteiger partial charge in [0.15, 0.2) is 0 Å². The molecule has 0 saturated heterocycles. The Bertz CT molecular complexity index is 876. The number of amides is 3. The number of unbranched alkanes of at least 4 members (excludes halogenated alkanes) is 2. The second kappa shape index (κ2) is 13.3. The third kappa shape index (κ3) is 11.4. The maximum absolute atomic E-state index is 12.4. The molecular weight excluding hydrogens is 494 g/mol. The Kier molecular flexibility index (Phi) is 11.2. The van der Waals surface area contributed by atoms with Crippen LogP contribution >= 0.6 is 0 Å². The standard InChI is InChI=1S/C19H22F6N4O6/c20-18(21,22)15(30)26-8-2-1-3-10-28(11-9-27-16(31)19(23,24)25)17(32)35-12-13-4-6-14(7-5-13)29(33)34/h4-7H,1-3,8-12H2,(H,26,30)(H,27,31). The normalized spacial score (nSPS) is 11.5. The summed E-state index contributed by atoms with van der Waals surface area (Å²) in [5.74, 6) is -4.29. The van der Waals surface area contributed by atoms with Gasteiger partial charge in [-0.15, -0.1) is 0 Å². The third-order valence-electron chi connectivity index (χ3n) is 4.34. The Balaban J connectivity index is 2.58. The van der Waals surface area contributed by atoms with E-state index in [4.69, 9.17) is 4.74 Å². The van der Waals surface area contributed by atoms with E-state index < -0.39 is 41.7 Å². The number of hydrogen-bond donors (Lipinski definition) is 2. The van der Waals surface area contributed by atoms with E-state index in [9.17, 15) is 50.8 Å². The van der Waals surface area contributed by atoms with E-state index in [0.29, 0.717) is 5.56 Å². The molecule has 0 bridgehead atoms. The van der Waals surface area contributed by atoms with E-state index in [0.717, 1.165) is 4.90 Å². The van der Waals surface area contributed by atoms with E-state index in [1.54, 1.807) is 10.6 Å². The highest BCUT2D eigenvalue weighted by Crippen LogP contribution is 2.15. The number of ether oxygens (including phenoxy) is 1. The number of hydrogen-bond acceptors (Lipinski definition) is 6. The van der Waals surface area contributed by atoms with Gasteiger partial charge in [0.2, 0.25) is 0 Å². The first-order chi connectivity index (χ1) is 16.2. The van der Waals surface area contributed by atoms with E-state index in [1.807, 2.05) is 0 Å². The number of carbonyl (C=O) groups is 3. The van der Waals surface area contributed by atoms with Crippen molar-refractivity contribution in [2.75, 3.05) is 26.2 Å². The van der Waals surface area contributed by atoms with Gasteiger partial charge in [-0.1, -0.05) is 0 Å². The molecule has 2 N–H and O–H groups in total. The van der Waals surface area contributed by atoms with Crippen molar-refractivity contribution in [2.45, 2.75) is 38.2 Å². The summed E-state index contributed by atoms with van der Waals surface area (Å²) in [5, 5.41) is 13.9. The summed E-state index contributed by atoms with van der Waals surface area (Å²) >= 11 is 0. The lowest BCUT2D eigenvalue weighted by Crippen LogP contribution is -2.43. The second-order valence-electron chi connectivity index (χ2n) is 7.03. The van der Waals surface area contributed by atoms with Gasteiger partial charge in [-0.3, -0.25) is 19.7 Å². The van der Waals surface area contributed by atoms with Crippen LogP contribution in [0.3, 0.4) is 0 Å². The van der Waals surface area contributed by atoms with Gasteiger partial charge in [-0.25, -0.2) is 4.79 Å². The lowest BCUT2D eigenvalue weighted by Gasteiger charge is -2.22. The number of nitro groups is 1. The average Bonchev–Trinajstić information content (AvgIpc) is 2.77. The molecule has 10 nitrogen and oxygen atoms in total. The molecule has 0 aliphatic rings. The van der Waals surface area contributed by atoms with Crippen LogP contribution in [0.1, 0.15) is 24.8 Å². The Labute approximate surface area is 194 Å². The maximum atomic E-state index is 12.4. The van der Waals surface area contributed by atoms with E-state index >= 15 is 0 Å². The van der Waals surface area contributed by atoms with Crippen molar-refractivity contribution in [2.24, 2.45) is 0 Å². The van der Waals surface area contributed by atoms with Crippen LogP contribution in [0.25, 0.3) is 0 Å². The lowest BCUT2D eigenvalue weighted by molar-refractivity contribution is -0.384. The molecule has 1 rings (SSSR count). The van der Waals surface area contributed by atoms with Crippen LogP contribution in [0.4, 0.5) is 36.8 Å². The molecular formula is C19H22F6N4O6. The minimum Gasteiger partial charge on any atom is -0.445 e. The van der Waals surface area contributed by atoms with E-state index in [-0.39, 0.29) is 51.2 Å². The van der Waals surface area contributed by atoms with Crippen molar-refractivity contribution in [1.82, 2.24) is 15.5 Å². The zero-order valence-corrected chi connectivity index (χ0v) is 18.1. The average molecular weight is 516 g/mol. The smallest absolute Gasteiger partial charge is 0.445 e. The van der Waals surface area contributed by atoms with Gasteiger partial charge in [-0.05, 0) is 37.0 Å². The molecule has 0 saturated carbocycles. The Morgan fingerprint density at radius 2 is 1.40 bits per heavy atom. The van der Waals surface area contributed by atoms with Crippen LogP contribution < -0.4 is 10.6 Å². The highest BCUT2D eigenvalue weighted by atomic mass is 19.4. The minimum atomic E-state index is -5.11. The number of benzene rings is 1. The molecule has 0 unspecified atom stereocenters. The van der Waals surface area contributed by atoms with Gasteiger partial charge in [0.25, 0.3) is 5.69 Å². The first-order valence-corrected chi connectivity index (χ1v) is 10.1. The largest absolute Gasteiger partial charge is 0.471 e. The summed E-state index contributed by atoms with van der Waals surface area (Å²) in [6.45, 7) is -1.54. The number of carbonyl (C=O) groups excluding carboxylic acids is 3. The summed E-state index contributed by atoms with van der Waals surface area (Å²) in [4.78, 5) is 45.1. The summed E-state index contributed by atoms with van der Waals surface area (Å²) in [7, 11) is 0. The second-order valence-corrected chi connectivity index (χ2v) is 7.03. The third-order valence-corrected chi connectivity index (χ3v) is 4.34. The molecule has 0 aliphatic heterocycles. The predicted molar refractivity (Wildman–Crippen MR) is 107 cm³/mol. The zero-order valence-electron chi connectivity index (χ0n) is 18.1. The summed E-state index contributed by atoms with van der Waals surface area (Å²) in [6, 6.07) is 5.05. The number of halogens is 6. The molecule has 16 heteroatoms. The van der Waals surface area contributed by atoms with Crippen LogP contribution in [0.5, 0.6) is 0 Å². The highest BCUT2D eigenvalue weighted by Gasteiger charge is 2.38. The minimum absolute atomic E-state index is 0.0613. The summed E-state index contributed by atoms with van der Waals surface area (Å²) < 4.78 is 78.3. The van der Waals surface area contributed by atoms with Crippen molar-refractivity contribution in [1.29, 1.82) is 0 Å². The Hall–Kier alpha value is -3.59. The van der Waals surface area contributed by atoms with Crippen molar-refractivity contribution in [3.8, 4) is 0 Å². The van der Waals surface area contributed by atoms with Crippen LogP contribution in [-0.4, -0.2) is 66.3 Å². The number of nitrogens with one attached hydrogen (secondary N) is 2. The molecule has 0 aromatic heterocycles. The summed E-state index contributed by atoms with van der Waals surface area (Å²) in [6.07, 6.45) is -10.5.